The van der Waals surface area contributed by atoms with Crippen LogP contribution in [0.3, 0.4) is 0 Å². The molecule has 0 saturated carbocycles. The van der Waals surface area contributed by atoms with E-state index in [-0.39, 0.29) is 0 Å². The SMILES string of the molecule is [c]1noc2cccc(-c3nc4ccccc4o3)c12. The average molecular weight is 235 g/mol. The van der Waals surface area contributed by atoms with Gasteiger partial charge in [-0.05, 0) is 24.3 Å². The van der Waals surface area contributed by atoms with E-state index in [4.69, 9.17) is 8.94 Å². The highest BCUT2D eigenvalue weighted by atomic mass is 16.5. The Balaban J connectivity index is 2.04. The molecular weight excluding hydrogens is 228 g/mol. The first kappa shape index (κ1) is 9.41. The highest BCUT2D eigenvalue weighted by molar-refractivity contribution is 5.91. The zero-order valence-corrected chi connectivity index (χ0v) is 9.25. The number of nitrogens with zero attached hydrogens (tertiary/aromatic N) is 2. The number of para-hydroxylation sites is 2. The first-order valence-corrected chi connectivity index (χ1v) is 5.54. The van der Waals surface area contributed by atoms with Crippen molar-refractivity contribution in [2.24, 2.45) is 0 Å². The van der Waals surface area contributed by atoms with Crippen molar-refractivity contribution < 1.29 is 8.94 Å². The Morgan fingerprint density at radius 2 is 1.83 bits per heavy atom. The maximum absolute atomic E-state index is 5.73. The summed E-state index contributed by atoms with van der Waals surface area (Å²) in [7, 11) is 0. The molecule has 0 bridgehead atoms. The van der Waals surface area contributed by atoms with Crippen LogP contribution in [0.25, 0.3) is 33.5 Å². The van der Waals surface area contributed by atoms with E-state index in [9.17, 15) is 0 Å². The van der Waals surface area contributed by atoms with Crippen molar-refractivity contribution >= 4 is 22.1 Å². The molecule has 4 heteroatoms. The molecule has 0 N–H and O–H groups in total. The summed E-state index contributed by atoms with van der Waals surface area (Å²) in [5, 5.41) is 4.45. The van der Waals surface area contributed by atoms with Crippen LogP contribution in [0.1, 0.15) is 0 Å². The number of fused-ring (bicyclic) bond motifs is 2. The smallest absolute Gasteiger partial charge is 0.228 e. The van der Waals surface area contributed by atoms with Crippen molar-refractivity contribution in [1.82, 2.24) is 10.1 Å². The van der Waals surface area contributed by atoms with Crippen LogP contribution in [-0.2, 0) is 0 Å². The Hall–Kier alpha value is -2.62. The topological polar surface area (TPSA) is 52.1 Å². The lowest BCUT2D eigenvalue weighted by Gasteiger charge is -1.94. The number of oxazole rings is 1. The zero-order chi connectivity index (χ0) is 11.9. The van der Waals surface area contributed by atoms with Crippen molar-refractivity contribution in [3.05, 3.63) is 48.7 Å². The second-order valence-electron chi connectivity index (χ2n) is 3.96. The first-order chi connectivity index (χ1) is 8.92. The van der Waals surface area contributed by atoms with E-state index >= 15 is 0 Å². The average Bonchev–Trinajstić information content (AvgIpc) is 3.04. The predicted molar refractivity (Wildman–Crippen MR) is 65.8 cm³/mol. The molecule has 0 atom stereocenters. The lowest BCUT2D eigenvalue weighted by atomic mass is 10.1. The van der Waals surface area contributed by atoms with E-state index in [2.05, 4.69) is 16.3 Å². The Bertz CT molecular complexity index is 812. The lowest BCUT2D eigenvalue weighted by molar-refractivity contribution is 0.454. The molecule has 0 spiro atoms. The quantitative estimate of drug-likeness (QED) is 0.507. The van der Waals surface area contributed by atoms with Crippen LogP contribution in [0.5, 0.6) is 0 Å². The van der Waals surface area contributed by atoms with Crippen molar-refractivity contribution in [1.29, 1.82) is 0 Å². The van der Waals surface area contributed by atoms with E-state index in [1.54, 1.807) is 0 Å². The minimum absolute atomic E-state index is 0.557. The van der Waals surface area contributed by atoms with Crippen LogP contribution < -0.4 is 0 Å². The van der Waals surface area contributed by atoms with Crippen molar-refractivity contribution in [3.8, 4) is 11.5 Å². The highest BCUT2D eigenvalue weighted by Crippen LogP contribution is 2.29. The number of hydrogen-bond acceptors (Lipinski definition) is 4. The molecule has 0 aliphatic heterocycles. The number of aromatic nitrogens is 2. The van der Waals surface area contributed by atoms with Crippen molar-refractivity contribution in [2.75, 3.05) is 0 Å². The molecule has 0 saturated heterocycles. The number of rotatable bonds is 1. The summed E-state index contributed by atoms with van der Waals surface area (Å²) < 4.78 is 10.8. The van der Waals surface area contributed by atoms with Gasteiger partial charge in [0.15, 0.2) is 11.2 Å². The second kappa shape index (κ2) is 3.43. The Morgan fingerprint density at radius 1 is 0.944 bits per heavy atom. The van der Waals surface area contributed by atoms with Gasteiger partial charge in [0, 0.05) is 0 Å². The van der Waals surface area contributed by atoms with Crippen LogP contribution in [0.2, 0.25) is 0 Å². The van der Waals surface area contributed by atoms with Gasteiger partial charge in [-0.1, -0.05) is 23.4 Å². The predicted octanol–water partition coefficient (Wildman–Crippen LogP) is 3.44. The van der Waals surface area contributed by atoms with Crippen molar-refractivity contribution in [2.45, 2.75) is 0 Å². The fourth-order valence-electron chi connectivity index (χ4n) is 2.01. The molecule has 18 heavy (non-hydrogen) atoms. The van der Waals surface area contributed by atoms with Gasteiger partial charge in [-0.3, -0.25) is 0 Å². The normalized spacial score (nSPS) is 11.3. The molecule has 85 valence electrons. The fraction of sp³-hybridized carbons (Fsp3) is 0. The van der Waals surface area contributed by atoms with E-state index < -0.39 is 0 Å². The summed E-state index contributed by atoms with van der Waals surface area (Å²) in [5.74, 6) is 0.557. The minimum atomic E-state index is 0.557. The van der Waals surface area contributed by atoms with Gasteiger partial charge in [-0.2, -0.15) is 0 Å². The molecule has 0 amide bonds. The standard InChI is InChI=1S/C14H7N2O2/c1-2-6-13-11(5-1)16-14(17-13)9-4-3-7-12-10(9)8-15-18-12/h1-7H. The fourth-order valence-corrected chi connectivity index (χ4v) is 2.01. The van der Waals surface area contributed by atoms with Crippen LogP contribution in [0.4, 0.5) is 0 Å². The Morgan fingerprint density at radius 3 is 2.78 bits per heavy atom. The third kappa shape index (κ3) is 1.26. The molecule has 4 aromatic rings. The summed E-state index contributed by atoms with van der Waals surface area (Å²) >= 11 is 0. The van der Waals surface area contributed by atoms with E-state index in [0.29, 0.717) is 11.5 Å². The van der Waals surface area contributed by atoms with Gasteiger partial charge in [0.25, 0.3) is 0 Å². The van der Waals surface area contributed by atoms with Crippen molar-refractivity contribution in [3.63, 3.8) is 0 Å². The summed E-state index contributed by atoms with van der Waals surface area (Å²) in [6.45, 7) is 0. The van der Waals surface area contributed by atoms with E-state index in [1.807, 2.05) is 42.5 Å². The van der Waals surface area contributed by atoms with Crippen LogP contribution in [0.15, 0.2) is 51.4 Å². The Kier molecular flexibility index (Phi) is 1.80. The monoisotopic (exact) mass is 235 g/mol. The summed E-state index contributed by atoms with van der Waals surface area (Å²) in [4.78, 5) is 4.46. The second-order valence-corrected chi connectivity index (χ2v) is 3.96. The molecule has 1 radical (unpaired) electrons. The van der Waals surface area contributed by atoms with Gasteiger partial charge in [0.05, 0.1) is 10.9 Å². The molecule has 0 aliphatic rings. The molecular formula is C14H7N2O2. The van der Waals surface area contributed by atoms with Crippen LogP contribution >= 0.6 is 0 Å². The van der Waals surface area contributed by atoms with Gasteiger partial charge in [-0.25, -0.2) is 4.98 Å². The maximum atomic E-state index is 5.73. The maximum Gasteiger partial charge on any atom is 0.228 e. The van der Waals surface area contributed by atoms with E-state index in [1.165, 1.54) is 0 Å². The summed E-state index contributed by atoms with van der Waals surface area (Å²) in [6.07, 6.45) is 2.81. The van der Waals surface area contributed by atoms with Gasteiger partial charge in [-0.15, -0.1) is 0 Å². The number of benzene rings is 2. The third-order valence-corrected chi connectivity index (χ3v) is 2.85. The zero-order valence-electron chi connectivity index (χ0n) is 9.25. The molecule has 0 unspecified atom stereocenters. The molecule has 0 fully saturated rings. The molecule has 2 heterocycles. The molecule has 2 aromatic heterocycles. The largest absolute Gasteiger partial charge is 0.436 e. The van der Waals surface area contributed by atoms with Gasteiger partial charge >= 0.3 is 0 Å². The van der Waals surface area contributed by atoms with Gasteiger partial charge in [0.2, 0.25) is 5.89 Å². The third-order valence-electron chi connectivity index (χ3n) is 2.85. The lowest BCUT2D eigenvalue weighted by Crippen LogP contribution is -1.77. The van der Waals surface area contributed by atoms with Gasteiger partial charge < -0.3 is 8.94 Å². The minimum Gasteiger partial charge on any atom is -0.436 e. The molecule has 4 nitrogen and oxygen atoms in total. The summed E-state index contributed by atoms with van der Waals surface area (Å²) in [6, 6.07) is 13.3. The van der Waals surface area contributed by atoms with Crippen LogP contribution in [-0.4, -0.2) is 10.1 Å². The van der Waals surface area contributed by atoms with Crippen LogP contribution in [0, 0.1) is 6.20 Å². The highest BCUT2D eigenvalue weighted by Gasteiger charge is 2.12. The molecule has 0 aliphatic carbocycles. The summed E-state index contributed by atoms with van der Waals surface area (Å²) in [5.41, 5.74) is 3.11. The molecule has 2 aromatic carbocycles. The first-order valence-electron chi connectivity index (χ1n) is 5.54. The van der Waals surface area contributed by atoms with Gasteiger partial charge in [0.1, 0.15) is 11.7 Å². The Labute approximate surface area is 102 Å². The number of hydrogen-bond donors (Lipinski definition) is 0. The molecule has 4 rings (SSSR count). The van der Waals surface area contributed by atoms with E-state index in [0.717, 1.165) is 22.0 Å².